The van der Waals surface area contributed by atoms with Gasteiger partial charge in [0.05, 0.1) is 5.69 Å². The van der Waals surface area contributed by atoms with Gasteiger partial charge in [-0.05, 0) is 31.4 Å². The average molecular weight is 266 g/mol. The summed E-state index contributed by atoms with van der Waals surface area (Å²) in [4.78, 5) is 2.13. The lowest BCUT2D eigenvalue weighted by molar-refractivity contribution is 0.480. The molecular formula is C16H27FN2. The number of para-hydroxylation sites is 1. The molecule has 0 aliphatic rings. The van der Waals surface area contributed by atoms with Crippen LogP contribution >= 0.6 is 0 Å². The Morgan fingerprint density at radius 3 is 2.32 bits per heavy atom. The lowest BCUT2D eigenvalue weighted by atomic mass is 10.0. The Balaban J connectivity index is 3.10. The number of nitrogens with two attached hydrogens (primary N) is 1. The quantitative estimate of drug-likeness (QED) is 0.804. The molecule has 0 saturated carbocycles. The van der Waals surface area contributed by atoms with Crippen molar-refractivity contribution in [2.75, 3.05) is 18.0 Å². The average Bonchev–Trinajstić information content (AvgIpc) is 2.40. The van der Waals surface area contributed by atoms with E-state index in [4.69, 9.17) is 5.73 Å². The second-order valence-electron chi connectivity index (χ2n) is 5.19. The first-order valence-electron chi connectivity index (χ1n) is 7.33. The molecule has 0 bridgehead atoms. The Kier molecular flexibility index (Phi) is 6.29. The molecule has 1 unspecified atom stereocenters. The van der Waals surface area contributed by atoms with E-state index >= 15 is 0 Å². The number of rotatable bonds is 7. The molecule has 3 heteroatoms. The van der Waals surface area contributed by atoms with Gasteiger partial charge in [-0.2, -0.15) is 0 Å². The highest BCUT2D eigenvalue weighted by molar-refractivity contribution is 5.56. The van der Waals surface area contributed by atoms with Crippen molar-refractivity contribution in [1.29, 1.82) is 0 Å². The highest BCUT2D eigenvalue weighted by Gasteiger charge is 2.19. The fourth-order valence-electron chi connectivity index (χ4n) is 2.47. The van der Waals surface area contributed by atoms with Gasteiger partial charge in [0.15, 0.2) is 0 Å². The van der Waals surface area contributed by atoms with Crippen molar-refractivity contribution in [3.05, 3.63) is 29.6 Å². The lowest BCUT2D eigenvalue weighted by Crippen LogP contribution is -2.31. The molecule has 1 rings (SSSR count). The first-order chi connectivity index (χ1) is 9.04. The number of halogens is 1. The number of benzene rings is 1. The highest BCUT2D eigenvalue weighted by Crippen LogP contribution is 2.29. The third-order valence-electron chi connectivity index (χ3n) is 3.84. The second kappa shape index (κ2) is 7.49. The van der Waals surface area contributed by atoms with E-state index < -0.39 is 0 Å². The van der Waals surface area contributed by atoms with Crippen LogP contribution in [0.3, 0.4) is 0 Å². The van der Waals surface area contributed by atoms with Crippen LogP contribution in [0.25, 0.3) is 0 Å². The molecule has 0 saturated heterocycles. The zero-order chi connectivity index (χ0) is 14.4. The molecule has 1 aromatic rings. The number of hydrogen-bond acceptors (Lipinski definition) is 2. The Morgan fingerprint density at radius 2 is 1.84 bits per heavy atom. The predicted molar refractivity (Wildman–Crippen MR) is 81.0 cm³/mol. The third-order valence-corrected chi connectivity index (χ3v) is 3.84. The molecule has 2 nitrogen and oxygen atoms in total. The zero-order valence-electron chi connectivity index (χ0n) is 12.6. The zero-order valence-corrected chi connectivity index (χ0v) is 12.6. The standard InChI is InChI=1S/C16H27FN2/c1-5-13(6-2)11-19(7-3)16-14(12(4)18)9-8-10-15(16)17/h8-10,12-13H,5-7,11,18H2,1-4H3. The topological polar surface area (TPSA) is 29.3 Å². The van der Waals surface area contributed by atoms with E-state index in [1.807, 2.05) is 13.0 Å². The normalized spacial score (nSPS) is 12.8. The van der Waals surface area contributed by atoms with Crippen LogP contribution in [0.5, 0.6) is 0 Å². The van der Waals surface area contributed by atoms with Crippen LogP contribution in [0.2, 0.25) is 0 Å². The van der Waals surface area contributed by atoms with Gasteiger partial charge in [0.25, 0.3) is 0 Å². The number of anilines is 1. The van der Waals surface area contributed by atoms with Crippen LogP contribution in [0.15, 0.2) is 18.2 Å². The molecule has 0 aliphatic carbocycles. The van der Waals surface area contributed by atoms with Gasteiger partial charge in [-0.25, -0.2) is 4.39 Å². The predicted octanol–water partition coefficient (Wildman–Crippen LogP) is 4.11. The van der Waals surface area contributed by atoms with Crippen LogP contribution in [0.1, 0.15) is 52.1 Å². The minimum atomic E-state index is -0.164. The van der Waals surface area contributed by atoms with Gasteiger partial charge in [0, 0.05) is 19.1 Å². The summed E-state index contributed by atoms with van der Waals surface area (Å²) in [6.45, 7) is 10.1. The van der Waals surface area contributed by atoms with E-state index in [0.717, 1.165) is 31.5 Å². The molecule has 0 fully saturated rings. The molecule has 1 aromatic carbocycles. The van der Waals surface area contributed by atoms with Crippen molar-refractivity contribution >= 4 is 5.69 Å². The molecule has 0 amide bonds. The highest BCUT2D eigenvalue weighted by atomic mass is 19.1. The Labute approximate surface area is 116 Å². The Bertz CT molecular complexity index is 386. The van der Waals surface area contributed by atoms with Crippen molar-refractivity contribution in [2.24, 2.45) is 11.7 Å². The largest absolute Gasteiger partial charge is 0.369 e. The Hall–Kier alpha value is -1.09. The maximum atomic E-state index is 14.2. The van der Waals surface area contributed by atoms with Crippen molar-refractivity contribution < 1.29 is 4.39 Å². The van der Waals surface area contributed by atoms with Gasteiger partial charge < -0.3 is 10.6 Å². The summed E-state index contributed by atoms with van der Waals surface area (Å²) < 4.78 is 14.2. The molecule has 1 atom stereocenters. The first kappa shape index (κ1) is 16.0. The molecule has 108 valence electrons. The van der Waals surface area contributed by atoms with Crippen LogP contribution in [-0.2, 0) is 0 Å². The van der Waals surface area contributed by atoms with Gasteiger partial charge >= 0.3 is 0 Å². The van der Waals surface area contributed by atoms with Gasteiger partial charge in [0.2, 0.25) is 0 Å². The molecule has 2 N–H and O–H groups in total. The van der Waals surface area contributed by atoms with E-state index in [-0.39, 0.29) is 11.9 Å². The Morgan fingerprint density at radius 1 is 1.21 bits per heavy atom. The number of hydrogen-bond donors (Lipinski definition) is 1. The smallest absolute Gasteiger partial charge is 0.146 e. The molecule has 0 aromatic heterocycles. The monoisotopic (exact) mass is 266 g/mol. The van der Waals surface area contributed by atoms with Crippen molar-refractivity contribution in [1.82, 2.24) is 0 Å². The van der Waals surface area contributed by atoms with Crippen molar-refractivity contribution in [3.8, 4) is 0 Å². The molecule has 0 aliphatic heterocycles. The lowest BCUT2D eigenvalue weighted by Gasteiger charge is -2.30. The molecule has 19 heavy (non-hydrogen) atoms. The van der Waals surface area contributed by atoms with E-state index in [0.29, 0.717) is 11.6 Å². The second-order valence-corrected chi connectivity index (χ2v) is 5.19. The van der Waals surface area contributed by atoms with Crippen LogP contribution in [0.4, 0.5) is 10.1 Å². The van der Waals surface area contributed by atoms with Gasteiger partial charge in [-0.15, -0.1) is 0 Å². The van der Waals surface area contributed by atoms with Crippen LogP contribution in [-0.4, -0.2) is 13.1 Å². The minimum Gasteiger partial charge on any atom is -0.369 e. The summed E-state index contributed by atoms with van der Waals surface area (Å²) in [6, 6.07) is 5.04. The molecule has 0 radical (unpaired) electrons. The van der Waals surface area contributed by atoms with E-state index in [2.05, 4.69) is 25.7 Å². The minimum absolute atomic E-state index is 0.151. The van der Waals surface area contributed by atoms with Gasteiger partial charge in [-0.3, -0.25) is 0 Å². The SMILES string of the molecule is CCC(CC)CN(CC)c1c(F)cccc1C(C)N. The third kappa shape index (κ3) is 3.93. The fraction of sp³-hybridized carbons (Fsp3) is 0.625. The molecule has 0 heterocycles. The van der Waals surface area contributed by atoms with E-state index in [9.17, 15) is 4.39 Å². The summed E-state index contributed by atoms with van der Waals surface area (Å²) >= 11 is 0. The summed E-state index contributed by atoms with van der Waals surface area (Å²) in [5, 5.41) is 0. The number of nitrogens with zero attached hydrogens (tertiary/aromatic N) is 1. The molecular weight excluding hydrogens is 239 g/mol. The summed E-state index contributed by atoms with van der Waals surface area (Å²) in [7, 11) is 0. The maximum Gasteiger partial charge on any atom is 0.146 e. The first-order valence-corrected chi connectivity index (χ1v) is 7.33. The van der Waals surface area contributed by atoms with Crippen molar-refractivity contribution in [2.45, 2.75) is 46.6 Å². The maximum absolute atomic E-state index is 14.2. The van der Waals surface area contributed by atoms with E-state index in [1.54, 1.807) is 6.07 Å². The van der Waals surface area contributed by atoms with Crippen LogP contribution in [0, 0.1) is 11.7 Å². The van der Waals surface area contributed by atoms with Gasteiger partial charge in [0.1, 0.15) is 5.82 Å². The van der Waals surface area contributed by atoms with E-state index in [1.165, 1.54) is 6.07 Å². The van der Waals surface area contributed by atoms with Crippen LogP contribution < -0.4 is 10.6 Å². The summed E-state index contributed by atoms with van der Waals surface area (Å²) in [6.07, 6.45) is 2.24. The van der Waals surface area contributed by atoms with Crippen molar-refractivity contribution in [3.63, 3.8) is 0 Å². The summed E-state index contributed by atoms with van der Waals surface area (Å²) in [5.41, 5.74) is 7.56. The van der Waals surface area contributed by atoms with Gasteiger partial charge in [-0.1, -0.05) is 38.8 Å². The fourth-order valence-corrected chi connectivity index (χ4v) is 2.47. The summed E-state index contributed by atoms with van der Waals surface area (Å²) in [5.74, 6) is 0.433. The molecule has 0 spiro atoms.